The summed E-state index contributed by atoms with van der Waals surface area (Å²) in [4.78, 5) is 28.8. The first kappa shape index (κ1) is 33.5. The highest BCUT2D eigenvalue weighted by molar-refractivity contribution is 7.92. The van der Waals surface area contributed by atoms with Gasteiger partial charge in [-0.2, -0.15) is 0 Å². The molecule has 3 aromatic rings. The monoisotopic (exact) mass is 609 g/mol. The van der Waals surface area contributed by atoms with Crippen molar-refractivity contribution in [2.75, 3.05) is 25.1 Å². The van der Waals surface area contributed by atoms with Gasteiger partial charge in [0.2, 0.25) is 11.8 Å². The number of benzene rings is 3. The number of carbonyl (C=O) groups is 2. The SMILES string of the molecule is CC[C@H](C)NC(=O)[C@@H](C)N(Cc1cccc(C)c1)C(=O)CN(c1cc(C)cc(C)c1)S(=O)(=O)c1ccc(OC)c(OC)c1. The summed E-state index contributed by atoms with van der Waals surface area (Å²) in [7, 11) is -1.38. The molecule has 0 unspecified atom stereocenters. The minimum atomic E-state index is -4.27. The van der Waals surface area contributed by atoms with Crippen molar-refractivity contribution in [2.45, 2.75) is 71.5 Å². The number of amides is 2. The minimum Gasteiger partial charge on any atom is -0.493 e. The zero-order valence-electron chi connectivity index (χ0n) is 26.3. The normalized spacial score (nSPS) is 12.7. The summed E-state index contributed by atoms with van der Waals surface area (Å²) in [5, 5.41) is 2.95. The molecule has 0 aliphatic heterocycles. The number of hydrogen-bond acceptors (Lipinski definition) is 6. The summed E-state index contributed by atoms with van der Waals surface area (Å²) in [6.45, 7) is 10.8. The Balaban J connectivity index is 2.11. The van der Waals surface area contributed by atoms with Crippen molar-refractivity contribution in [3.8, 4) is 11.5 Å². The van der Waals surface area contributed by atoms with Crippen LogP contribution in [0.1, 0.15) is 49.4 Å². The lowest BCUT2D eigenvalue weighted by Crippen LogP contribution is -2.52. The van der Waals surface area contributed by atoms with Crippen molar-refractivity contribution in [3.63, 3.8) is 0 Å². The molecule has 0 spiro atoms. The molecule has 0 saturated heterocycles. The zero-order chi connectivity index (χ0) is 31.9. The molecule has 2 amide bonds. The van der Waals surface area contributed by atoms with Gasteiger partial charge in [-0.05, 0) is 82.0 Å². The molecular weight excluding hydrogens is 566 g/mol. The van der Waals surface area contributed by atoms with Gasteiger partial charge in [0, 0.05) is 18.7 Å². The summed E-state index contributed by atoms with van der Waals surface area (Å²) in [5.41, 5.74) is 3.86. The van der Waals surface area contributed by atoms with E-state index in [9.17, 15) is 18.0 Å². The van der Waals surface area contributed by atoms with E-state index in [1.54, 1.807) is 19.1 Å². The van der Waals surface area contributed by atoms with E-state index < -0.39 is 28.5 Å². The van der Waals surface area contributed by atoms with Crippen molar-refractivity contribution in [1.29, 1.82) is 0 Å². The van der Waals surface area contributed by atoms with Gasteiger partial charge in [0.1, 0.15) is 12.6 Å². The van der Waals surface area contributed by atoms with Gasteiger partial charge in [0.05, 0.1) is 24.8 Å². The molecule has 0 fully saturated rings. The smallest absolute Gasteiger partial charge is 0.264 e. The number of anilines is 1. The Morgan fingerprint density at radius 1 is 0.860 bits per heavy atom. The number of rotatable bonds is 13. The van der Waals surface area contributed by atoms with E-state index >= 15 is 0 Å². The molecule has 43 heavy (non-hydrogen) atoms. The number of aryl methyl sites for hydroxylation is 3. The number of ether oxygens (including phenoxy) is 2. The molecule has 0 heterocycles. The Bertz CT molecular complexity index is 1540. The van der Waals surface area contributed by atoms with E-state index in [0.717, 1.165) is 33.0 Å². The highest BCUT2D eigenvalue weighted by atomic mass is 32.2. The summed E-state index contributed by atoms with van der Waals surface area (Å²) < 4.78 is 40.3. The van der Waals surface area contributed by atoms with Gasteiger partial charge in [-0.25, -0.2) is 8.42 Å². The quantitative estimate of drug-likeness (QED) is 0.287. The maximum Gasteiger partial charge on any atom is 0.264 e. The largest absolute Gasteiger partial charge is 0.493 e. The number of nitrogens with zero attached hydrogens (tertiary/aromatic N) is 2. The summed E-state index contributed by atoms with van der Waals surface area (Å²) >= 11 is 0. The Kier molecular flexibility index (Phi) is 11.2. The van der Waals surface area contributed by atoms with Crippen molar-refractivity contribution < 1.29 is 27.5 Å². The molecule has 0 bridgehead atoms. The van der Waals surface area contributed by atoms with Gasteiger partial charge in [-0.15, -0.1) is 0 Å². The number of sulfonamides is 1. The zero-order valence-corrected chi connectivity index (χ0v) is 27.1. The van der Waals surface area contributed by atoms with Crippen LogP contribution in [0, 0.1) is 20.8 Å². The van der Waals surface area contributed by atoms with Crippen LogP contribution in [0.3, 0.4) is 0 Å². The predicted octanol–water partition coefficient (Wildman–Crippen LogP) is 5.16. The predicted molar refractivity (Wildman–Crippen MR) is 169 cm³/mol. The lowest BCUT2D eigenvalue weighted by Gasteiger charge is -2.32. The average Bonchev–Trinajstić information content (AvgIpc) is 2.96. The van der Waals surface area contributed by atoms with E-state index in [0.29, 0.717) is 11.4 Å². The first-order valence-electron chi connectivity index (χ1n) is 14.3. The fourth-order valence-corrected chi connectivity index (χ4v) is 6.20. The topological polar surface area (TPSA) is 105 Å². The summed E-state index contributed by atoms with van der Waals surface area (Å²) in [6, 6.07) is 16.4. The molecule has 0 radical (unpaired) electrons. The van der Waals surface area contributed by atoms with E-state index in [2.05, 4.69) is 5.32 Å². The van der Waals surface area contributed by atoms with E-state index in [-0.39, 0.29) is 29.1 Å². The highest BCUT2D eigenvalue weighted by Crippen LogP contribution is 2.33. The van der Waals surface area contributed by atoms with Crippen LogP contribution in [0.2, 0.25) is 0 Å². The molecule has 232 valence electrons. The van der Waals surface area contributed by atoms with E-state index in [1.807, 2.05) is 65.0 Å². The van der Waals surface area contributed by atoms with Crippen LogP contribution in [0.4, 0.5) is 5.69 Å². The number of carbonyl (C=O) groups excluding carboxylic acids is 2. The van der Waals surface area contributed by atoms with Crippen molar-refractivity contribution in [2.24, 2.45) is 0 Å². The molecule has 10 heteroatoms. The first-order valence-corrected chi connectivity index (χ1v) is 15.7. The van der Waals surface area contributed by atoms with Crippen LogP contribution in [0.15, 0.2) is 65.6 Å². The third-order valence-electron chi connectivity index (χ3n) is 7.32. The van der Waals surface area contributed by atoms with Gasteiger partial charge < -0.3 is 19.7 Å². The van der Waals surface area contributed by atoms with Crippen LogP contribution in [0.25, 0.3) is 0 Å². The van der Waals surface area contributed by atoms with Crippen LogP contribution in [-0.2, 0) is 26.2 Å². The second kappa shape index (κ2) is 14.4. The molecule has 0 aliphatic rings. The lowest BCUT2D eigenvalue weighted by molar-refractivity contribution is -0.139. The number of hydrogen-bond donors (Lipinski definition) is 1. The molecule has 1 N–H and O–H groups in total. The molecular formula is C33H43N3O6S. The van der Waals surface area contributed by atoms with E-state index in [1.165, 1.54) is 37.3 Å². The van der Waals surface area contributed by atoms with Gasteiger partial charge in [-0.1, -0.05) is 42.8 Å². The van der Waals surface area contributed by atoms with Crippen molar-refractivity contribution in [3.05, 3.63) is 82.9 Å². The lowest BCUT2D eigenvalue weighted by atomic mass is 10.1. The Labute approximate surface area is 255 Å². The molecule has 0 aliphatic carbocycles. The minimum absolute atomic E-state index is 0.0649. The fourth-order valence-electron chi connectivity index (χ4n) is 4.78. The second-order valence-corrected chi connectivity index (χ2v) is 12.7. The molecule has 3 aromatic carbocycles. The molecule has 9 nitrogen and oxygen atoms in total. The number of methoxy groups -OCH3 is 2. The Hall–Kier alpha value is -4.05. The van der Waals surface area contributed by atoms with Crippen LogP contribution in [0.5, 0.6) is 11.5 Å². The Morgan fingerprint density at radius 2 is 1.51 bits per heavy atom. The summed E-state index contributed by atoms with van der Waals surface area (Å²) in [6.07, 6.45) is 0.730. The van der Waals surface area contributed by atoms with Gasteiger partial charge in [0.15, 0.2) is 11.5 Å². The highest BCUT2D eigenvalue weighted by Gasteiger charge is 2.33. The van der Waals surface area contributed by atoms with Crippen LogP contribution < -0.4 is 19.1 Å². The molecule has 0 aromatic heterocycles. The standard InChI is InChI=1S/C33H43N3O6S/c1-9-25(5)34-33(38)26(6)35(20-27-12-10-11-22(2)16-27)32(37)21-36(28-17-23(3)15-24(4)18-28)43(39,40)29-13-14-30(41-7)31(19-29)42-8/h10-19,25-26H,9,20-21H2,1-8H3,(H,34,38)/t25-,26+/m0/s1. The molecule has 0 saturated carbocycles. The maximum atomic E-state index is 14.3. The van der Waals surface area contributed by atoms with Crippen molar-refractivity contribution >= 4 is 27.5 Å². The van der Waals surface area contributed by atoms with Crippen LogP contribution in [-0.4, -0.2) is 58.0 Å². The average molecular weight is 610 g/mol. The first-order chi connectivity index (χ1) is 20.3. The number of nitrogens with one attached hydrogen (secondary N) is 1. The third kappa shape index (κ3) is 8.28. The molecule has 2 atom stereocenters. The van der Waals surface area contributed by atoms with E-state index in [4.69, 9.17) is 9.47 Å². The van der Waals surface area contributed by atoms with Crippen molar-refractivity contribution in [1.82, 2.24) is 10.2 Å². The van der Waals surface area contributed by atoms with Gasteiger partial charge in [0.25, 0.3) is 10.0 Å². The van der Waals surface area contributed by atoms with Gasteiger partial charge in [-0.3, -0.25) is 13.9 Å². The maximum absolute atomic E-state index is 14.3. The summed E-state index contributed by atoms with van der Waals surface area (Å²) in [5.74, 6) is -0.208. The van der Waals surface area contributed by atoms with Gasteiger partial charge >= 0.3 is 0 Å². The molecule has 3 rings (SSSR count). The second-order valence-electron chi connectivity index (χ2n) is 10.9. The fraction of sp³-hybridized carbons (Fsp3) is 0.394. The Morgan fingerprint density at radius 3 is 2.09 bits per heavy atom. The third-order valence-corrected chi connectivity index (χ3v) is 9.09. The van der Waals surface area contributed by atoms with Crippen LogP contribution >= 0.6 is 0 Å².